The Kier molecular flexibility index (Phi) is 5.38. The third kappa shape index (κ3) is 4.22. The smallest absolute Gasteiger partial charge is 0.271 e. The van der Waals surface area contributed by atoms with Crippen molar-refractivity contribution in [1.29, 1.82) is 0 Å². The van der Waals surface area contributed by atoms with Gasteiger partial charge in [0.15, 0.2) is 11.5 Å². The van der Waals surface area contributed by atoms with E-state index >= 15 is 0 Å². The molecule has 2 aliphatic rings. The van der Waals surface area contributed by atoms with E-state index in [1.54, 1.807) is 6.20 Å². The van der Waals surface area contributed by atoms with Crippen LogP contribution in [0, 0.1) is 0 Å². The number of hydrogen-bond donors (Lipinski definition) is 4. The number of aliphatic hydroxyl groups is 1. The topological polar surface area (TPSA) is 126 Å². The molecular weight excluding hydrogens is 356 g/mol. The zero-order valence-corrected chi connectivity index (χ0v) is 15.8. The van der Waals surface area contributed by atoms with Crippen molar-refractivity contribution < 1.29 is 9.90 Å². The van der Waals surface area contributed by atoms with Crippen LogP contribution >= 0.6 is 0 Å². The Labute approximate surface area is 164 Å². The van der Waals surface area contributed by atoms with Gasteiger partial charge in [-0.1, -0.05) is 0 Å². The molecule has 0 saturated heterocycles. The van der Waals surface area contributed by atoms with Gasteiger partial charge in [0, 0.05) is 24.5 Å². The molecule has 0 aliphatic heterocycles. The molecule has 2 aliphatic carbocycles. The summed E-state index contributed by atoms with van der Waals surface area (Å²) in [6.45, 7) is 0. The minimum Gasteiger partial charge on any atom is -0.393 e. The molecule has 8 nitrogen and oxygen atoms in total. The number of rotatable bonds is 5. The van der Waals surface area contributed by atoms with Crippen molar-refractivity contribution in [3.05, 3.63) is 41.5 Å². The number of pyridine rings is 1. The third-order valence-electron chi connectivity index (χ3n) is 5.58. The van der Waals surface area contributed by atoms with Crippen molar-refractivity contribution >= 4 is 17.5 Å². The molecule has 1 fully saturated rings. The summed E-state index contributed by atoms with van der Waals surface area (Å²) in [7, 11) is 0. The van der Waals surface area contributed by atoms with Crippen LogP contribution in [-0.2, 0) is 12.8 Å². The second-order valence-corrected chi connectivity index (χ2v) is 7.71. The van der Waals surface area contributed by atoms with Gasteiger partial charge in [-0.25, -0.2) is 9.97 Å². The number of nitrogens with one attached hydrogen (secondary N) is 2. The van der Waals surface area contributed by atoms with Gasteiger partial charge in [0.05, 0.1) is 12.3 Å². The zero-order chi connectivity index (χ0) is 19.5. The van der Waals surface area contributed by atoms with Crippen molar-refractivity contribution in [1.82, 2.24) is 15.0 Å². The number of amides is 1. The van der Waals surface area contributed by atoms with Crippen molar-refractivity contribution in [2.24, 2.45) is 5.73 Å². The Hall–Kier alpha value is -2.74. The Morgan fingerprint density at radius 1 is 1.14 bits per heavy atom. The van der Waals surface area contributed by atoms with E-state index < -0.39 is 5.91 Å². The highest BCUT2D eigenvalue weighted by Gasteiger charge is 2.24. The molecule has 4 rings (SSSR count). The maximum atomic E-state index is 11.8. The number of aryl methyl sites for hydroxylation is 1. The second-order valence-electron chi connectivity index (χ2n) is 7.71. The lowest BCUT2D eigenvalue weighted by molar-refractivity contribution is 0.0996. The van der Waals surface area contributed by atoms with Crippen LogP contribution in [0.15, 0.2) is 24.7 Å². The van der Waals surface area contributed by atoms with Gasteiger partial charge in [0.25, 0.3) is 5.91 Å². The Morgan fingerprint density at radius 3 is 2.86 bits per heavy atom. The fourth-order valence-electron chi connectivity index (χ4n) is 4.14. The van der Waals surface area contributed by atoms with Crippen LogP contribution in [0.2, 0.25) is 0 Å². The molecule has 5 N–H and O–H groups in total. The van der Waals surface area contributed by atoms with Gasteiger partial charge in [-0.2, -0.15) is 0 Å². The van der Waals surface area contributed by atoms with E-state index in [-0.39, 0.29) is 23.9 Å². The van der Waals surface area contributed by atoms with Crippen molar-refractivity contribution in [3.8, 4) is 0 Å². The van der Waals surface area contributed by atoms with E-state index in [1.165, 1.54) is 11.1 Å². The summed E-state index contributed by atoms with van der Waals surface area (Å²) in [5, 5.41) is 16.6. The molecule has 0 aromatic carbocycles. The number of fused-ring (bicyclic) bond motifs is 1. The van der Waals surface area contributed by atoms with Crippen molar-refractivity contribution in [2.75, 3.05) is 10.6 Å². The van der Waals surface area contributed by atoms with Gasteiger partial charge in [-0.05, 0) is 62.1 Å². The summed E-state index contributed by atoms with van der Waals surface area (Å²) in [4.78, 5) is 24.8. The predicted octanol–water partition coefficient (Wildman–Crippen LogP) is 1.66. The van der Waals surface area contributed by atoms with E-state index in [0.29, 0.717) is 18.1 Å². The maximum Gasteiger partial charge on any atom is 0.271 e. The maximum absolute atomic E-state index is 11.8. The predicted molar refractivity (Wildman–Crippen MR) is 106 cm³/mol. The Morgan fingerprint density at radius 2 is 2.04 bits per heavy atom. The number of anilines is 2. The lowest BCUT2D eigenvalue weighted by Crippen LogP contribution is -2.32. The molecule has 1 amide bonds. The molecular formula is C20H26N6O2. The summed E-state index contributed by atoms with van der Waals surface area (Å²) in [5.41, 5.74) is 8.21. The van der Waals surface area contributed by atoms with Crippen LogP contribution in [0.1, 0.15) is 53.7 Å². The largest absolute Gasteiger partial charge is 0.393 e. The first-order chi connectivity index (χ1) is 13.6. The molecule has 0 bridgehead atoms. The van der Waals surface area contributed by atoms with Gasteiger partial charge in [0.2, 0.25) is 0 Å². The van der Waals surface area contributed by atoms with Crippen molar-refractivity contribution in [2.45, 2.75) is 63.1 Å². The normalized spacial score (nSPS) is 24.2. The van der Waals surface area contributed by atoms with Gasteiger partial charge in [-0.3, -0.25) is 9.78 Å². The Balaban J connectivity index is 1.49. The number of carbonyl (C=O) groups is 1. The lowest BCUT2D eigenvalue weighted by Gasteiger charge is -2.28. The van der Waals surface area contributed by atoms with E-state index in [1.807, 2.05) is 12.4 Å². The van der Waals surface area contributed by atoms with Crippen LogP contribution in [0.5, 0.6) is 0 Å². The number of hydrogen-bond acceptors (Lipinski definition) is 7. The average molecular weight is 382 g/mol. The van der Waals surface area contributed by atoms with E-state index in [9.17, 15) is 9.90 Å². The second kappa shape index (κ2) is 8.10. The number of carbonyl (C=O) groups excluding carboxylic acids is 1. The van der Waals surface area contributed by atoms with Gasteiger partial charge in [-0.15, -0.1) is 0 Å². The minimum absolute atomic E-state index is 0.0560. The van der Waals surface area contributed by atoms with E-state index in [2.05, 4.69) is 31.7 Å². The Bertz CT molecular complexity index is 858. The first-order valence-corrected chi connectivity index (χ1v) is 9.88. The highest BCUT2D eigenvalue weighted by atomic mass is 16.3. The molecule has 1 saturated carbocycles. The lowest BCUT2D eigenvalue weighted by atomic mass is 9.90. The molecule has 3 atom stereocenters. The third-order valence-corrected chi connectivity index (χ3v) is 5.58. The first kappa shape index (κ1) is 18.6. The van der Waals surface area contributed by atoms with Crippen LogP contribution in [0.25, 0.3) is 0 Å². The fourth-order valence-corrected chi connectivity index (χ4v) is 4.14. The summed E-state index contributed by atoms with van der Waals surface area (Å²) in [5.74, 6) is 0.389. The van der Waals surface area contributed by atoms with Crippen LogP contribution in [-0.4, -0.2) is 44.2 Å². The molecule has 0 spiro atoms. The van der Waals surface area contributed by atoms with E-state index in [4.69, 9.17) is 5.73 Å². The molecule has 148 valence electrons. The monoisotopic (exact) mass is 382 g/mol. The van der Waals surface area contributed by atoms with Gasteiger partial charge in [0.1, 0.15) is 5.82 Å². The average Bonchev–Trinajstić information content (AvgIpc) is 2.68. The summed E-state index contributed by atoms with van der Waals surface area (Å²) in [6, 6.07) is 2.36. The summed E-state index contributed by atoms with van der Waals surface area (Å²) in [6.07, 6.45) is 11.1. The molecule has 8 heteroatoms. The first-order valence-electron chi connectivity index (χ1n) is 9.88. The minimum atomic E-state index is -0.614. The van der Waals surface area contributed by atoms with Crippen molar-refractivity contribution in [3.63, 3.8) is 0 Å². The van der Waals surface area contributed by atoms with Gasteiger partial charge < -0.3 is 21.5 Å². The molecule has 0 radical (unpaired) electrons. The number of nitrogens with zero attached hydrogens (tertiary/aromatic N) is 3. The molecule has 2 heterocycles. The standard InChI is InChI=1S/C20H26N6O2/c21-19(28)18-20(25-14-2-1-3-16(27)9-14)26-17(11-23-18)24-15-5-4-13-10-22-7-6-12(13)8-15/h6-7,10-11,14-16,27H,1-5,8-9H2,(H2,21,28)(H2,24,25,26)/t14-,15+,16+/m1/s1. The highest BCUT2D eigenvalue weighted by molar-refractivity contribution is 5.95. The number of primary amides is 1. The summed E-state index contributed by atoms with van der Waals surface area (Å²) < 4.78 is 0. The van der Waals surface area contributed by atoms with E-state index in [0.717, 1.165) is 38.5 Å². The highest BCUT2D eigenvalue weighted by Crippen LogP contribution is 2.25. The zero-order valence-electron chi connectivity index (χ0n) is 15.8. The number of aromatic nitrogens is 3. The SMILES string of the molecule is NC(=O)c1ncc(N[C@H]2CCc3cnccc3C2)nc1N[C@@H]1CCC[C@H](O)C1. The van der Waals surface area contributed by atoms with Crippen LogP contribution in [0.4, 0.5) is 11.6 Å². The van der Waals surface area contributed by atoms with Crippen LogP contribution in [0.3, 0.4) is 0 Å². The molecule has 2 aromatic rings. The molecule has 0 unspecified atom stereocenters. The quantitative estimate of drug-likeness (QED) is 0.619. The van der Waals surface area contributed by atoms with Crippen LogP contribution < -0.4 is 16.4 Å². The molecule has 2 aromatic heterocycles. The fraction of sp³-hybridized carbons (Fsp3) is 0.500. The molecule has 28 heavy (non-hydrogen) atoms. The summed E-state index contributed by atoms with van der Waals surface area (Å²) >= 11 is 0. The number of nitrogens with two attached hydrogens (primary N) is 1. The van der Waals surface area contributed by atoms with Gasteiger partial charge >= 0.3 is 0 Å². The number of aliphatic hydroxyl groups excluding tert-OH is 1.